The fourth-order valence-electron chi connectivity index (χ4n) is 4.47. The molecule has 1 heterocycles. The fourth-order valence-corrected chi connectivity index (χ4v) is 4.47. The minimum absolute atomic E-state index is 0.0181. The lowest BCUT2D eigenvalue weighted by atomic mass is 9.83. The van der Waals surface area contributed by atoms with Crippen molar-refractivity contribution in [3.05, 3.63) is 58.7 Å². The molecule has 0 radical (unpaired) electrons. The maximum atomic E-state index is 13.2. The number of methoxy groups -OCH3 is 2. The van der Waals surface area contributed by atoms with Gasteiger partial charge >= 0.3 is 0 Å². The zero-order valence-electron chi connectivity index (χ0n) is 19.0. The summed E-state index contributed by atoms with van der Waals surface area (Å²) in [4.78, 5) is 15.6. The van der Waals surface area contributed by atoms with Crippen molar-refractivity contribution in [2.75, 3.05) is 27.3 Å². The third kappa shape index (κ3) is 4.31. The molecule has 0 aromatic heterocycles. The van der Waals surface area contributed by atoms with Gasteiger partial charge in [-0.3, -0.25) is 9.69 Å². The Morgan fingerprint density at radius 3 is 2.43 bits per heavy atom. The van der Waals surface area contributed by atoms with Crippen molar-refractivity contribution >= 4 is 5.91 Å². The Balaban J connectivity index is 2.02. The van der Waals surface area contributed by atoms with Gasteiger partial charge < -0.3 is 14.8 Å². The van der Waals surface area contributed by atoms with Gasteiger partial charge in [-0.2, -0.15) is 0 Å². The minimum Gasteiger partial charge on any atom is -0.493 e. The SMILES string of the molecule is CCN1CCc2cc(OC)c(OC)cc2[C@H]1[C@@H](NC(=O)c1ccccc1C)C(C)C. The number of nitrogens with zero attached hydrogens (tertiary/aromatic N) is 1. The number of carbonyl (C=O) groups is 1. The average molecular weight is 411 g/mol. The molecule has 3 rings (SSSR count). The van der Waals surface area contributed by atoms with Gasteiger partial charge in [0.25, 0.3) is 5.91 Å². The molecule has 0 bridgehead atoms. The summed E-state index contributed by atoms with van der Waals surface area (Å²) in [6.45, 7) is 10.4. The second kappa shape index (κ2) is 9.52. The monoisotopic (exact) mass is 410 g/mol. The second-order valence-corrected chi connectivity index (χ2v) is 8.29. The number of likely N-dealkylation sites (N-methyl/N-ethyl adjacent to an activating group) is 1. The molecule has 0 unspecified atom stereocenters. The molecule has 1 amide bonds. The van der Waals surface area contributed by atoms with E-state index in [4.69, 9.17) is 9.47 Å². The van der Waals surface area contributed by atoms with E-state index in [2.05, 4.69) is 43.1 Å². The number of amides is 1. The normalized spacial score (nSPS) is 17.4. The van der Waals surface area contributed by atoms with Crippen molar-refractivity contribution in [1.29, 1.82) is 0 Å². The Bertz CT molecular complexity index is 894. The van der Waals surface area contributed by atoms with Crippen LogP contribution in [0.3, 0.4) is 0 Å². The summed E-state index contributed by atoms with van der Waals surface area (Å²) >= 11 is 0. The van der Waals surface area contributed by atoms with Crippen molar-refractivity contribution in [3.8, 4) is 11.5 Å². The van der Waals surface area contributed by atoms with Crippen LogP contribution >= 0.6 is 0 Å². The number of hydrogen-bond donors (Lipinski definition) is 1. The number of ether oxygens (including phenoxy) is 2. The highest BCUT2D eigenvalue weighted by atomic mass is 16.5. The van der Waals surface area contributed by atoms with E-state index in [1.807, 2.05) is 31.2 Å². The lowest BCUT2D eigenvalue weighted by Crippen LogP contribution is -2.51. The van der Waals surface area contributed by atoms with Crippen LogP contribution < -0.4 is 14.8 Å². The van der Waals surface area contributed by atoms with E-state index in [1.165, 1.54) is 11.1 Å². The van der Waals surface area contributed by atoms with Crippen LogP contribution in [-0.4, -0.2) is 44.2 Å². The molecule has 1 N–H and O–H groups in total. The largest absolute Gasteiger partial charge is 0.493 e. The summed E-state index contributed by atoms with van der Waals surface area (Å²) in [5.74, 6) is 1.73. The topological polar surface area (TPSA) is 50.8 Å². The summed E-state index contributed by atoms with van der Waals surface area (Å²) in [6, 6.07) is 12.0. The Kier molecular flexibility index (Phi) is 7.03. The third-order valence-corrected chi connectivity index (χ3v) is 6.18. The number of rotatable bonds is 7. The first kappa shape index (κ1) is 22.2. The van der Waals surface area contributed by atoms with Crippen molar-refractivity contribution in [1.82, 2.24) is 10.2 Å². The van der Waals surface area contributed by atoms with Gasteiger partial charge in [0.1, 0.15) is 0 Å². The van der Waals surface area contributed by atoms with E-state index < -0.39 is 0 Å². The molecule has 5 heteroatoms. The van der Waals surface area contributed by atoms with Gasteiger partial charge in [-0.1, -0.05) is 39.0 Å². The molecule has 0 saturated heterocycles. The van der Waals surface area contributed by atoms with Crippen LogP contribution in [0, 0.1) is 12.8 Å². The average Bonchev–Trinajstić information content (AvgIpc) is 2.75. The molecule has 162 valence electrons. The first-order valence-corrected chi connectivity index (χ1v) is 10.8. The molecule has 2 aromatic rings. The highest BCUT2D eigenvalue weighted by Crippen LogP contribution is 2.40. The number of hydrogen-bond acceptors (Lipinski definition) is 4. The highest BCUT2D eigenvalue weighted by Gasteiger charge is 2.36. The molecule has 0 saturated carbocycles. The van der Waals surface area contributed by atoms with E-state index in [0.717, 1.165) is 42.1 Å². The fraction of sp³-hybridized carbons (Fsp3) is 0.480. The second-order valence-electron chi connectivity index (χ2n) is 8.29. The number of carbonyl (C=O) groups excluding carboxylic acids is 1. The third-order valence-electron chi connectivity index (χ3n) is 6.18. The Labute approximate surface area is 180 Å². The first-order valence-electron chi connectivity index (χ1n) is 10.8. The van der Waals surface area contributed by atoms with Crippen molar-refractivity contribution < 1.29 is 14.3 Å². The Hall–Kier alpha value is -2.53. The molecule has 30 heavy (non-hydrogen) atoms. The van der Waals surface area contributed by atoms with E-state index in [0.29, 0.717) is 0 Å². The standard InChI is InChI=1S/C25H34N2O3/c1-7-27-13-12-18-14-21(29-5)22(30-6)15-20(18)24(27)23(16(2)3)26-25(28)19-11-9-8-10-17(19)4/h8-11,14-16,23-24H,7,12-13H2,1-6H3,(H,26,28)/t23-,24-/m0/s1. The number of fused-ring (bicyclic) bond motifs is 1. The molecule has 2 aromatic carbocycles. The van der Waals surface area contributed by atoms with Gasteiger partial charge in [0.05, 0.1) is 26.3 Å². The lowest BCUT2D eigenvalue weighted by Gasteiger charge is -2.43. The quantitative estimate of drug-likeness (QED) is 0.736. The molecular formula is C25H34N2O3. The molecule has 0 aliphatic carbocycles. The van der Waals surface area contributed by atoms with E-state index >= 15 is 0 Å². The first-order chi connectivity index (χ1) is 14.4. The van der Waals surface area contributed by atoms with Crippen LogP contribution in [0.5, 0.6) is 11.5 Å². The predicted octanol–water partition coefficient (Wildman–Crippen LogP) is 4.39. The zero-order valence-corrected chi connectivity index (χ0v) is 19.0. The van der Waals surface area contributed by atoms with Crippen molar-refractivity contribution in [2.24, 2.45) is 5.92 Å². The lowest BCUT2D eigenvalue weighted by molar-refractivity contribution is 0.0833. The van der Waals surface area contributed by atoms with Crippen LogP contribution in [0.15, 0.2) is 36.4 Å². The van der Waals surface area contributed by atoms with Crippen molar-refractivity contribution in [3.63, 3.8) is 0 Å². The van der Waals surface area contributed by atoms with Crippen molar-refractivity contribution in [2.45, 2.75) is 46.2 Å². The van der Waals surface area contributed by atoms with Gasteiger partial charge in [0.2, 0.25) is 0 Å². The van der Waals surface area contributed by atoms with E-state index in [9.17, 15) is 4.79 Å². The molecule has 0 spiro atoms. The summed E-state index contributed by atoms with van der Waals surface area (Å²) in [6.07, 6.45) is 0.955. The van der Waals surface area contributed by atoms with Gasteiger partial charge in [-0.15, -0.1) is 0 Å². The molecule has 2 atom stereocenters. The summed E-state index contributed by atoms with van der Waals surface area (Å²) < 4.78 is 11.1. The predicted molar refractivity (Wildman–Crippen MR) is 121 cm³/mol. The summed E-state index contributed by atoms with van der Waals surface area (Å²) in [5.41, 5.74) is 4.19. The summed E-state index contributed by atoms with van der Waals surface area (Å²) in [5, 5.41) is 3.36. The molecule has 1 aliphatic heterocycles. The number of aryl methyl sites for hydroxylation is 1. The summed E-state index contributed by atoms with van der Waals surface area (Å²) in [7, 11) is 3.34. The Morgan fingerprint density at radius 1 is 1.17 bits per heavy atom. The van der Waals surface area contributed by atoms with Crippen LogP contribution in [0.1, 0.15) is 53.9 Å². The number of benzene rings is 2. The van der Waals surface area contributed by atoms with Crippen LogP contribution in [0.25, 0.3) is 0 Å². The molecular weight excluding hydrogens is 376 g/mol. The highest BCUT2D eigenvalue weighted by molar-refractivity contribution is 5.95. The number of nitrogens with one attached hydrogen (secondary N) is 1. The molecule has 0 fully saturated rings. The Morgan fingerprint density at radius 2 is 1.83 bits per heavy atom. The smallest absolute Gasteiger partial charge is 0.251 e. The maximum Gasteiger partial charge on any atom is 0.251 e. The van der Waals surface area contributed by atoms with E-state index in [-0.39, 0.29) is 23.9 Å². The van der Waals surface area contributed by atoms with Gasteiger partial charge in [-0.05, 0) is 60.7 Å². The molecule has 1 aliphatic rings. The van der Waals surface area contributed by atoms with E-state index in [1.54, 1.807) is 14.2 Å². The molecule has 5 nitrogen and oxygen atoms in total. The minimum atomic E-state index is -0.0331. The van der Waals surface area contributed by atoms with Gasteiger partial charge in [-0.25, -0.2) is 0 Å². The van der Waals surface area contributed by atoms with Gasteiger partial charge in [0.15, 0.2) is 11.5 Å². The van der Waals surface area contributed by atoms with Crippen LogP contribution in [-0.2, 0) is 6.42 Å². The van der Waals surface area contributed by atoms with Crippen LogP contribution in [0.2, 0.25) is 0 Å². The zero-order chi connectivity index (χ0) is 21.8. The van der Waals surface area contributed by atoms with Crippen LogP contribution in [0.4, 0.5) is 0 Å². The van der Waals surface area contributed by atoms with Gasteiger partial charge in [0, 0.05) is 12.1 Å². The maximum absolute atomic E-state index is 13.2.